The van der Waals surface area contributed by atoms with Gasteiger partial charge in [-0.3, -0.25) is 9.59 Å². The summed E-state index contributed by atoms with van der Waals surface area (Å²) in [7, 11) is 0. The Kier molecular flexibility index (Phi) is 7.30. The Morgan fingerprint density at radius 2 is 1.76 bits per heavy atom. The fraction of sp³-hybridized carbons (Fsp3) is 0.182. The quantitative estimate of drug-likeness (QED) is 0.448. The van der Waals surface area contributed by atoms with Crippen molar-refractivity contribution >= 4 is 17.6 Å². The smallest absolute Gasteiger partial charge is 0.254 e. The summed E-state index contributed by atoms with van der Waals surface area (Å²) >= 11 is 0. The number of aryl methyl sites for hydroxylation is 1. The van der Waals surface area contributed by atoms with Gasteiger partial charge in [-0.25, -0.2) is 17.9 Å². The highest BCUT2D eigenvalue weighted by Crippen LogP contribution is 2.21. The minimum atomic E-state index is -1.03. The number of carbonyl (C=O) groups excluding carboxylic acids is 2. The molecule has 0 aliphatic carbocycles. The number of amides is 2. The highest BCUT2D eigenvalue weighted by atomic mass is 19.1. The number of hydrogen-bond acceptors (Lipinski definition) is 5. The maximum atomic E-state index is 13.6. The van der Waals surface area contributed by atoms with Gasteiger partial charge >= 0.3 is 0 Å². The van der Waals surface area contributed by atoms with Crippen LogP contribution in [0.1, 0.15) is 28.0 Å². The van der Waals surface area contributed by atoms with Crippen LogP contribution in [0, 0.1) is 28.8 Å². The number of carbonyl (C=O) groups is 2. The SMILES string of the molecule is N#Cc1c(CCCNC(=O)CNC(=O)c2ccc(F)cc2F)nn(-c2ccc(F)cc2)c1N. The van der Waals surface area contributed by atoms with Crippen molar-refractivity contribution < 1.29 is 22.8 Å². The number of anilines is 1. The van der Waals surface area contributed by atoms with Crippen LogP contribution in [0.2, 0.25) is 0 Å². The van der Waals surface area contributed by atoms with Crippen LogP contribution in [0.25, 0.3) is 5.69 Å². The van der Waals surface area contributed by atoms with E-state index in [0.717, 1.165) is 12.1 Å². The molecule has 0 fully saturated rings. The molecular formula is C22H19F3N6O2. The summed E-state index contributed by atoms with van der Waals surface area (Å²) in [5.74, 6) is -3.49. The van der Waals surface area contributed by atoms with Gasteiger partial charge in [-0.05, 0) is 49.2 Å². The molecular weight excluding hydrogens is 437 g/mol. The molecule has 11 heteroatoms. The molecule has 3 aromatic rings. The number of hydrogen-bond donors (Lipinski definition) is 3. The Morgan fingerprint density at radius 3 is 2.42 bits per heavy atom. The summed E-state index contributed by atoms with van der Waals surface area (Å²) in [4.78, 5) is 23.8. The van der Waals surface area contributed by atoms with E-state index >= 15 is 0 Å². The second-order valence-electron chi connectivity index (χ2n) is 6.97. The van der Waals surface area contributed by atoms with E-state index in [1.165, 1.54) is 28.9 Å². The average Bonchev–Trinajstić information content (AvgIpc) is 3.10. The number of nitrogen functional groups attached to an aromatic ring is 1. The lowest BCUT2D eigenvalue weighted by atomic mass is 10.1. The van der Waals surface area contributed by atoms with Crippen LogP contribution in [0.5, 0.6) is 0 Å². The number of nitrogens with one attached hydrogen (secondary N) is 2. The lowest BCUT2D eigenvalue weighted by molar-refractivity contribution is -0.120. The van der Waals surface area contributed by atoms with Gasteiger partial charge in [-0.1, -0.05) is 0 Å². The third kappa shape index (κ3) is 5.68. The third-order valence-corrected chi connectivity index (χ3v) is 4.67. The molecule has 170 valence electrons. The second kappa shape index (κ2) is 10.3. The Morgan fingerprint density at radius 1 is 1.06 bits per heavy atom. The van der Waals surface area contributed by atoms with E-state index in [0.29, 0.717) is 30.3 Å². The lowest BCUT2D eigenvalue weighted by Crippen LogP contribution is -2.37. The average molecular weight is 456 g/mol. The van der Waals surface area contributed by atoms with Crippen LogP contribution < -0.4 is 16.4 Å². The van der Waals surface area contributed by atoms with Crippen molar-refractivity contribution in [1.29, 1.82) is 5.26 Å². The van der Waals surface area contributed by atoms with Crippen molar-refractivity contribution in [2.45, 2.75) is 12.8 Å². The zero-order chi connectivity index (χ0) is 24.0. The Labute approximate surface area is 186 Å². The Balaban J connectivity index is 1.50. The molecule has 33 heavy (non-hydrogen) atoms. The molecule has 4 N–H and O–H groups in total. The summed E-state index contributed by atoms with van der Waals surface area (Å²) in [6, 6.07) is 9.97. The minimum absolute atomic E-state index is 0.124. The molecule has 2 amide bonds. The molecule has 0 spiro atoms. The van der Waals surface area contributed by atoms with Crippen molar-refractivity contribution in [3.8, 4) is 11.8 Å². The maximum Gasteiger partial charge on any atom is 0.254 e. The Bertz CT molecular complexity index is 1220. The van der Waals surface area contributed by atoms with Gasteiger partial charge in [0.15, 0.2) is 0 Å². The molecule has 2 aromatic carbocycles. The van der Waals surface area contributed by atoms with Crippen LogP contribution in [0.4, 0.5) is 19.0 Å². The third-order valence-electron chi connectivity index (χ3n) is 4.67. The standard InChI is InChI=1S/C22H19F3N6O2/c23-13-3-6-15(7-4-13)31-21(27)17(11-26)19(30-31)2-1-9-28-20(32)12-29-22(33)16-8-5-14(24)10-18(16)25/h3-8,10H,1-2,9,12,27H2,(H,28,32)(H,29,33). The van der Waals surface area contributed by atoms with Crippen molar-refractivity contribution in [3.63, 3.8) is 0 Å². The number of halogens is 3. The first-order valence-electron chi connectivity index (χ1n) is 9.83. The number of nitrogens with two attached hydrogens (primary N) is 1. The number of nitriles is 1. The fourth-order valence-electron chi connectivity index (χ4n) is 3.03. The molecule has 0 bridgehead atoms. The van der Waals surface area contributed by atoms with Crippen molar-refractivity contribution in [2.24, 2.45) is 0 Å². The zero-order valence-electron chi connectivity index (χ0n) is 17.2. The number of nitrogens with zero attached hydrogens (tertiary/aromatic N) is 3. The van der Waals surface area contributed by atoms with Gasteiger partial charge in [0.2, 0.25) is 5.91 Å². The summed E-state index contributed by atoms with van der Waals surface area (Å²) in [6.07, 6.45) is 0.746. The van der Waals surface area contributed by atoms with Crippen LogP contribution in [0.3, 0.4) is 0 Å². The predicted octanol–water partition coefficient (Wildman–Crippen LogP) is 2.22. The lowest BCUT2D eigenvalue weighted by Gasteiger charge is -2.07. The predicted molar refractivity (Wildman–Crippen MR) is 113 cm³/mol. The number of aromatic nitrogens is 2. The first kappa shape index (κ1) is 23.3. The first-order chi connectivity index (χ1) is 15.8. The summed E-state index contributed by atoms with van der Waals surface area (Å²) in [5, 5.41) is 18.6. The molecule has 0 atom stereocenters. The van der Waals surface area contributed by atoms with Gasteiger partial charge in [0.05, 0.1) is 23.5 Å². The van der Waals surface area contributed by atoms with E-state index in [4.69, 9.17) is 5.73 Å². The second-order valence-corrected chi connectivity index (χ2v) is 6.97. The largest absolute Gasteiger partial charge is 0.382 e. The fourth-order valence-corrected chi connectivity index (χ4v) is 3.03. The molecule has 8 nitrogen and oxygen atoms in total. The molecule has 0 aliphatic rings. The van der Waals surface area contributed by atoms with Gasteiger partial charge in [0.1, 0.15) is 34.9 Å². The molecule has 0 saturated heterocycles. The monoisotopic (exact) mass is 456 g/mol. The van der Waals surface area contributed by atoms with Crippen molar-refractivity contribution in [1.82, 2.24) is 20.4 Å². The van der Waals surface area contributed by atoms with Crippen LogP contribution in [-0.2, 0) is 11.2 Å². The van der Waals surface area contributed by atoms with Crippen LogP contribution >= 0.6 is 0 Å². The van der Waals surface area contributed by atoms with Gasteiger partial charge in [-0.15, -0.1) is 0 Å². The van der Waals surface area contributed by atoms with Gasteiger partial charge in [0, 0.05) is 12.6 Å². The zero-order valence-corrected chi connectivity index (χ0v) is 17.2. The van der Waals surface area contributed by atoms with E-state index in [1.54, 1.807) is 0 Å². The minimum Gasteiger partial charge on any atom is -0.382 e. The number of benzene rings is 2. The normalized spacial score (nSPS) is 10.5. The molecule has 0 radical (unpaired) electrons. The van der Waals surface area contributed by atoms with E-state index in [2.05, 4.69) is 15.7 Å². The van der Waals surface area contributed by atoms with Crippen molar-refractivity contribution in [3.05, 3.63) is 76.7 Å². The molecule has 1 heterocycles. The van der Waals surface area contributed by atoms with Gasteiger partial charge < -0.3 is 16.4 Å². The topological polar surface area (TPSA) is 126 Å². The van der Waals surface area contributed by atoms with E-state index in [9.17, 15) is 28.0 Å². The first-order valence-corrected chi connectivity index (χ1v) is 9.83. The van der Waals surface area contributed by atoms with E-state index < -0.39 is 35.8 Å². The summed E-state index contributed by atoms with van der Waals surface area (Å²) in [5.41, 5.74) is 6.74. The van der Waals surface area contributed by atoms with E-state index in [1.807, 2.05) is 6.07 Å². The maximum absolute atomic E-state index is 13.6. The molecule has 0 saturated carbocycles. The molecule has 1 aromatic heterocycles. The molecule has 0 aliphatic heterocycles. The van der Waals surface area contributed by atoms with Crippen molar-refractivity contribution in [2.75, 3.05) is 18.8 Å². The highest BCUT2D eigenvalue weighted by Gasteiger charge is 2.17. The summed E-state index contributed by atoms with van der Waals surface area (Å²) in [6.45, 7) is -0.182. The van der Waals surface area contributed by atoms with Gasteiger partial charge in [-0.2, -0.15) is 10.4 Å². The molecule has 0 unspecified atom stereocenters. The van der Waals surface area contributed by atoms with Crippen LogP contribution in [-0.4, -0.2) is 34.7 Å². The van der Waals surface area contributed by atoms with Crippen LogP contribution in [0.15, 0.2) is 42.5 Å². The molecule has 3 rings (SSSR count). The summed E-state index contributed by atoms with van der Waals surface area (Å²) < 4.78 is 41.0. The van der Waals surface area contributed by atoms with Gasteiger partial charge in [0.25, 0.3) is 5.91 Å². The highest BCUT2D eigenvalue weighted by molar-refractivity contribution is 5.96. The Hall–Kier alpha value is -4.33. The van der Waals surface area contributed by atoms with E-state index in [-0.39, 0.29) is 23.5 Å². The number of rotatable bonds is 8.